The van der Waals surface area contributed by atoms with E-state index in [1.165, 1.54) is 30.9 Å². The number of amides is 1. The van der Waals surface area contributed by atoms with Crippen molar-refractivity contribution in [1.82, 2.24) is 14.7 Å². The average molecular weight is 435 g/mol. The first-order valence-corrected chi connectivity index (χ1v) is 10.8. The molecule has 0 spiro atoms. The minimum Gasteiger partial charge on any atom is -0.497 e. The molecule has 0 bridgehead atoms. The van der Waals surface area contributed by atoms with Crippen LogP contribution in [0.4, 0.5) is 4.39 Å². The monoisotopic (exact) mass is 435 g/mol. The van der Waals surface area contributed by atoms with Crippen LogP contribution in [0.5, 0.6) is 5.75 Å². The average Bonchev–Trinajstić information content (AvgIpc) is 2.81. The molecule has 1 amide bonds. The zero-order chi connectivity index (χ0) is 22.5. The molecule has 1 aliphatic rings. The van der Waals surface area contributed by atoms with Gasteiger partial charge in [-0.1, -0.05) is 30.3 Å². The maximum absolute atomic E-state index is 14.4. The number of hydrogen-bond acceptors (Lipinski definition) is 4. The normalized spacial score (nSPS) is 14.4. The highest BCUT2D eigenvalue weighted by molar-refractivity contribution is 5.76. The molecule has 1 aliphatic heterocycles. The Morgan fingerprint density at radius 1 is 1.09 bits per heavy atom. The third kappa shape index (κ3) is 5.04. The Kier molecular flexibility index (Phi) is 6.63. The Morgan fingerprint density at radius 2 is 1.84 bits per heavy atom. The van der Waals surface area contributed by atoms with Gasteiger partial charge in [0, 0.05) is 30.8 Å². The van der Waals surface area contributed by atoms with Gasteiger partial charge in [-0.25, -0.2) is 9.07 Å². The molecule has 4 rings (SSSR count). The summed E-state index contributed by atoms with van der Waals surface area (Å²) < 4.78 is 20.6. The van der Waals surface area contributed by atoms with E-state index >= 15 is 0 Å². The maximum atomic E-state index is 14.4. The topological polar surface area (TPSA) is 64.4 Å². The Balaban J connectivity index is 1.40. The number of hydrogen-bond donors (Lipinski definition) is 0. The quantitative estimate of drug-likeness (QED) is 0.594. The zero-order valence-corrected chi connectivity index (χ0v) is 18.0. The van der Waals surface area contributed by atoms with Crippen LogP contribution in [0.3, 0.4) is 0 Å². The fourth-order valence-electron chi connectivity index (χ4n) is 4.10. The lowest BCUT2D eigenvalue weighted by molar-refractivity contribution is -0.133. The van der Waals surface area contributed by atoms with E-state index in [2.05, 4.69) is 17.2 Å². The minimum atomic E-state index is -0.506. The van der Waals surface area contributed by atoms with E-state index in [-0.39, 0.29) is 18.0 Å². The van der Waals surface area contributed by atoms with Gasteiger partial charge < -0.3 is 9.64 Å². The number of rotatable bonds is 6. The molecular weight excluding hydrogens is 409 g/mol. The van der Waals surface area contributed by atoms with E-state index in [4.69, 9.17) is 4.74 Å². The Hall–Kier alpha value is -3.48. The Bertz CT molecular complexity index is 1140. The number of methoxy groups -OCH3 is 1. The fourth-order valence-corrected chi connectivity index (χ4v) is 4.10. The SMILES string of the molecule is COc1ccc(-c2ccc(=O)n(CC(=O)N3CCC(Cc4ccccc4)CC3)n2)c(F)c1. The van der Waals surface area contributed by atoms with Crippen LogP contribution in [0.2, 0.25) is 0 Å². The van der Waals surface area contributed by atoms with Gasteiger partial charge in [0.05, 0.1) is 12.8 Å². The van der Waals surface area contributed by atoms with Crippen LogP contribution in [0.1, 0.15) is 18.4 Å². The molecule has 0 atom stereocenters. The van der Waals surface area contributed by atoms with Crippen LogP contribution in [-0.2, 0) is 17.8 Å². The second-order valence-electron chi connectivity index (χ2n) is 8.07. The van der Waals surface area contributed by atoms with Crippen LogP contribution in [0, 0.1) is 11.7 Å². The highest BCUT2D eigenvalue weighted by Crippen LogP contribution is 2.24. The van der Waals surface area contributed by atoms with E-state index < -0.39 is 11.4 Å². The van der Waals surface area contributed by atoms with E-state index in [1.54, 1.807) is 17.0 Å². The number of piperidine rings is 1. The van der Waals surface area contributed by atoms with Gasteiger partial charge in [0.1, 0.15) is 18.1 Å². The first-order valence-electron chi connectivity index (χ1n) is 10.8. The molecule has 0 unspecified atom stereocenters. The highest BCUT2D eigenvalue weighted by atomic mass is 19.1. The van der Waals surface area contributed by atoms with Crippen molar-refractivity contribution >= 4 is 5.91 Å². The lowest BCUT2D eigenvalue weighted by Gasteiger charge is -2.32. The largest absolute Gasteiger partial charge is 0.497 e. The summed E-state index contributed by atoms with van der Waals surface area (Å²) in [6.07, 6.45) is 2.87. The van der Waals surface area contributed by atoms with E-state index in [0.717, 1.165) is 23.9 Å². The summed E-state index contributed by atoms with van der Waals surface area (Å²) in [6.45, 7) is 1.17. The van der Waals surface area contributed by atoms with Gasteiger partial charge in [-0.2, -0.15) is 5.10 Å². The van der Waals surface area contributed by atoms with E-state index in [0.29, 0.717) is 30.5 Å². The molecule has 1 fully saturated rings. The molecule has 1 saturated heterocycles. The van der Waals surface area contributed by atoms with Gasteiger partial charge in [-0.05, 0) is 48.9 Å². The van der Waals surface area contributed by atoms with Crippen LogP contribution in [0.25, 0.3) is 11.3 Å². The van der Waals surface area contributed by atoms with Gasteiger partial charge in [0.15, 0.2) is 0 Å². The van der Waals surface area contributed by atoms with Crippen molar-refractivity contribution in [2.75, 3.05) is 20.2 Å². The van der Waals surface area contributed by atoms with Crippen molar-refractivity contribution in [1.29, 1.82) is 0 Å². The molecule has 0 aliphatic carbocycles. The fraction of sp³-hybridized carbons (Fsp3) is 0.320. The van der Waals surface area contributed by atoms with Crippen molar-refractivity contribution in [3.8, 4) is 17.0 Å². The van der Waals surface area contributed by atoms with Crippen LogP contribution in [-0.4, -0.2) is 40.8 Å². The van der Waals surface area contributed by atoms with Crippen LogP contribution >= 0.6 is 0 Å². The molecule has 1 aromatic heterocycles. The van der Waals surface area contributed by atoms with Crippen LogP contribution in [0.15, 0.2) is 65.5 Å². The summed E-state index contributed by atoms with van der Waals surface area (Å²) in [4.78, 5) is 26.9. The van der Waals surface area contributed by atoms with E-state index in [1.807, 2.05) is 18.2 Å². The number of halogens is 1. The molecule has 0 saturated carbocycles. The molecule has 32 heavy (non-hydrogen) atoms. The number of ether oxygens (including phenoxy) is 1. The number of likely N-dealkylation sites (tertiary alicyclic amines) is 1. The number of carbonyl (C=O) groups is 1. The summed E-state index contributed by atoms with van der Waals surface area (Å²) in [5.41, 5.74) is 1.46. The van der Waals surface area contributed by atoms with Crippen molar-refractivity contribution < 1.29 is 13.9 Å². The third-order valence-electron chi connectivity index (χ3n) is 5.94. The predicted molar refractivity (Wildman–Crippen MR) is 120 cm³/mol. The maximum Gasteiger partial charge on any atom is 0.267 e. The number of nitrogens with zero attached hydrogens (tertiary/aromatic N) is 3. The summed E-state index contributed by atoms with van der Waals surface area (Å²) in [7, 11) is 1.46. The van der Waals surface area contributed by atoms with Gasteiger partial charge in [-0.3, -0.25) is 9.59 Å². The Labute approximate surface area is 186 Å². The molecule has 7 heteroatoms. The minimum absolute atomic E-state index is 0.148. The first-order chi connectivity index (χ1) is 15.5. The van der Waals surface area contributed by atoms with Gasteiger partial charge in [-0.15, -0.1) is 0 Å². The first kappa shape index (κ1) is 21.7. The molecule has 2 aromatic carbocycles. The lowest BCUT2D eigenvalue weighted by atomic mass is 9.90. The molecule has 0 radical (unpaired) electrons. The van der Waals surface area contributed by atoms with Crippen molar-refractivity contribution in [2.45, 2.75) is 25.8 Å². The Morgan fingerprint density at radius 3 is 2.53 bits per heavy atom. The molecule has 3 aromatic rings. The van der Waals surface area contributed by atoms with Gasteiger partial charge in [0.2, 0.25) is 5.91 Å². The number of aromatic nitrogens is 2. The number of benzene rings is 2. The van der Waals surface area contributed by atoms with Crippen LogP contribution < -0.4 is 10.3 Å². The smallest absolute Gasteiger partial charge is 0.267 e. The summed E-state index contributed by atoms with van der Waals surface area (Å²) in [5.74, 6) is 0.285. The standard InChI is InChI=1S/C25H26FN3O3/c1-32-20-7-8-21(22(26)16-20)23-9-10-24(30)29(27-23)17-25(31)28-13-11-19(12-14-28)15-18-5-3-2-4-6-18/h2-10,16,19H,11-15,17H2,1H3. The summed E-state index contributed by atoms with van der Waals surface area (Å²) >= 11 is 0. The number of carbonyl (C=O) groups excluding carboxylic acids is 1. The molecule has 0 N–H and O–H groups in total. The van der Waals surface area contributed by atoms with Crippen molar-refractivity contribution in [2.24, 2.45) is 5.92 Å². The molecule has 2 heterocycles. The van der Waals surface area contributed by atoms with Gasteiger partial charge in [0.25, 0.3) is 5.56 Å². The van der Waals surface area contributed by atoms with Gasteiger partial charge >= 0.3 is 0 Å². The molecular formula is C25H26FN3O3. The second-order valence-corrected chi connectivity index (χ2v) is 8.07. The van der Waals surface area contributed by atoms with E-state index in [9.17, 15) is 14.0 Å². The summed E-state index contributed by atoms with van der Waals surface area (Å²) in [5, 5.41) is 4.24. The van der Waals surface area contributed by atoms with Crippen molar-refractivity contribution in [3.63, 3.8) is 0 Å². The third-order valence-corrected chi connectivity index (χ3v) is 5.94. The zero-order valence-electron chi connectivity index (χ0n) is 18.0. The second kappa shape index (κ2) is 9.77. The molecule has 166 valence electrons. The highest BCUT2D eigenvalue weighted by Gasteiger charge is 2.23. The predicted octanol–water partition coefficient (Wildman–Crippen LogP) is 3.54. The summed E-state index contributed by atoms with van der Waals surface area (Å²) in [6, 6.07) is 17.6. The van der Waals surface area contributed by atoms with Crippen molar-refractivity contribution in [3.05, 3.63) is 82.4 Å². The molecule has 6 nitrogen and oxygen atoms in total. The lowest BCUT2D eigenvalue weighted by Crippen LogP contribution is -2.42.